The Morgan fingerprint density at radius 3 is 2.22 bits per heavy atom. The number of ether oxygens (including phenoxy) is 1. The molecule has 18 heavy (non-hydrogen) atoms. The minimum Gasteiger partial charge on any atom is -0.354 e. The maximum absolute atomic E-state index is 6.62. The van der Waals surface area contributed by atoms with Gasteiger partial charge in [-0.25, -0.2) is 0 Å². The van der Waals surface area contributed by atoms with Gasteiger partial charge in [-0.1, -0.05) is 27.7 Å². The van der Waals surface area contributed by atoms with Gasteiger partial charge in [-0.05, 0) is 56.8 Å². The first kappa shape index (κ1) is 14.3. The molecule has 0 bridgehead atoms. The lowest BCUT2D eigenvalue weighted by Gasteiger charge is -2.51. The van der Waals surface area contributed by atoms with Gasteiger partial charge in [-0.3, -0.25) is 5.32 Å². The normalized spacial score (nSPS) is 36.2. The summed E-state index contributed by atoms with van der Waals surface area (Å²) in [7, 11) is 0. The quantitative estimate of drug-likeness (QED) is 0.817. The Balaban J connectivity index is 2.00. The molecule has 0 atom stereocenters. The Morgan fingerprint density at radius 2 is 1.72 bits per heavy atom. The first-order valence-corrected chi connectivity index (χ1v) is 8.00. The minimum atomic E-state index is 0.00958. The molecule has 1 N–H and O–H groups in total. The van der Waals surface area contributed by atoms with Crippen LogP contribution in [-0.2, 0) is 4.74 Å². The van der Waals surface area contributed by atoms with Crippen molar-refractivity contribution in [3.8, 4) is 0 Å². The van der Waals surface area contributed by atoms with E-state index in [0.717, 1.165) is 31.2 Å². The van der Waals surface area contributed by atoms with Gasteiger partial charge in [-0.15, -0.1) is 0 Å². The topological polar surface area (TPSA) is 21.3 Å². The van der Waals surface area contributed by atoms with E-state index in [9.17, 15) is 0 Å². The molecule has 1 aliphatic heterocycles. The molecule has 0 amide bonds. The fourth-order valence-corrected chi connectivity index (χ4v) is 3.82. The van der Waals surface area contributed by atoms with Crippen molar-refractivity contribution in [2.24, 2.45) is 11.8 Å². The van der Waals surface area contributed by atoms with E-state index in [-0.39, 0.29) is 11.3 Å². The van der Waals surface area contributed by atoms with Crippen molar-refractivity contribution in [3.05, 3.63) is 0 Å². The van der Waals surface area contributed by atoms with Crippen molar-refractivity contribution in [3.63, 3.8) is 0 Å². The van der Waals surface area contributed by atoms with Gasteiger partial charge >= 0.3 is 0 Å². The fraction of sp³-hybridized carbons (Fsp3) is 1.00. The molecule has 0 aromatic heterocycles. The molecule has 1 heterocycles. The Morgan fingerprint density at radius 1 is 1.11 bits per heavy atom. The maximum atomic E-state index is 6.62. The van der Waals surface area contributed by atoms with E-state index in [1.807, 2.05) is 0 Å². The molecule has 2 fully saturated rings. The van der Waals surface area contributed by atoms with Crippen LogP contribution in [0.3, 0.4) is 0 Å². The second-order valence-corrected chi connectivity index (χ2v) is 6.74. The van der Waals surface area contributed by atoms with Gasteiger partial charge in [0.1, 0.15) is 5.72 Å². The van der Waals surface area contributed by atoms with Crippen LogP contribution in [0.1, 0.15) is 72.6 Å². The van der Waals surface area contributed by atoms with Gasteiger partial charge in [0.25, 0.3) is 0 Å². The van der Waals surface area contributed by atoms with E-state index in [1.54, 1.807) is 0 Å². The summed E-state index contributed by atoms with van der Waals surface area (Å²) >= 11 is 0. The number of rotatable bonds is 3. The Labute approximate surface area is 113 Å². The van der Waals surface area contributed by atoms with Crippen molar-refractivity contribution in [2.75, 3.05) is 6.54 Å². The van der Waals surface area contributed by atoms with Crippen molar-refractivity contribution in [1.29, 1.82) is 0 Å². The van der Waals surface area contributed by atoms with Crippen LogP contribution in [-0.4, -0.2) is 17.9 Å². The van der Waals surface area contributed by atoms with Crippen LogP contribution < -0.4 is 5.32 Å². The number of hydrogen-bond donors (Lipinski definition) is 1. The summed E-state index contributed by atoms with van der Waals surface area (Å²) in [4.78, 5) is 0. The van der Waals surface area contributed by atoms with Crippen LogP contribution in [0.4, 0.5) is 0 Å². The highest BCUT2D eigenvalue weighted by Crippen LogP contribution is 2.43. The van der Waals surface area contributed by atoms with E-state index >= 15 is 0 Å². The summed E-state index contributed by atoms with van der Waals surface area (Å²) in [6, 6.07) is 0. The van der Waals surface area contributed by atoms with Crippen molar-refractivity contribution in [1.82, 2.24) is 5.32 Å². The summed E-state index contributed by atoms with van der Waals surface area (Å²) in [5.74, 6) is 1.73. The zero-order chi connectivity index (χ0) is 13.2. The largest absolute Gasteiger partial charge is 0.354 e. The first-order chi connectivity index (χ1) is 8.55. The monoisotopic (exact) mass is 253 g/mol. The van der Waals surface area contributed by atoms with Crippen LogP contribution in [0, 0.1) is 11.8 Å². The molecular weight excluding hydrogens is 222 g/mol. The third-order valence-corrected chi connectivity index (χ3v) is 5.51. The molecule has 2 rings (SSSR count). The van der Waals surface area contributed by atoms with E-state index in [0.29, 0.717) is 0 Å². The molecule has 0 unspecified atom stereocenters. The van der Waals surface area contributed by atoms with E-state index in [4.69, 9.17) is 4.74 Å². The van der Waals surface area contributed by atoms with Crippen LogP contribution in [0.2, 0.25) is 0 Å². The third-order valence-electron chi connectivity index (χ3n) is 5.51. The number of hydrogen-bond acceptors (Lipinski definition) is 2. The Hall–Kier alpha value is -0.0800. The molecule has 0 radical (unpaired) electrons. The van der Waals surface area contributed by atoms with Gasteiger partial charge in [0.15, 0.2) is 0 Å². The average molecular weight is 253 g/mol. The molecule has 2 heteroatoms. The second-order valence-electron chi connectivity index (χ2n) is 6.74. The van der Waals surface area contributed by atoms with Crippen molar-refractivity contribution >= 4 is 0 Å². The van der Waals surface area contributed by atoms with Crippen LogP contribution in [0.25, 0.3) is 0 Å². The first-order valence-electron chi connectivity index (χ1n) is 8.00. The predicted molar refractivity (Wildman–Crippen MR) is 76.5 cm³/mol. The van der Waals surface area contributed by atoms with Crippen LogP contribution >= 0.6 is 0 Å². The van der Waals surface area contributed by atoms with Gasteiger partial charge in [0.2, 0.25) is 0 Å². The highest BCUT2D eigenvalue weighted by molar-refractivity contribution is 4.95. The SMILES string of the molecule is CCC1(CC)CCNC2(CCC(C(C)C)CC2)O1. The summed E-state index contributed by atoms with van der Waals surface area (Å²) < 4.78 is 6.62. The van der Waals surface area contributed by atoms with E-state index < -0.39 is 0 Å². The molecule has 1 spiro atoms. The Kier molecular flexibility index (Phi) is 4.38. The zero-order valence-corrected chi connectivity index (χ0v) is 12.7. The molecule has 1 aliphatic carbocycles. The van der Waals surface area contributed by atoms with Crippen LogP contribution in [0.15, 0.2) is 0 Å². The zero-order valence-electron chi connectivity index (χ0n) is 12.7. The second kappa shape index (κ2) is 5.50. The fourth-order valence-electron chi connectivity index (χ4n) is 3.82. The highest BCUT2D eigenvalue weighted by Gasteiger charge is 2.45. The minimum absolute atomic E-state index is 0.00958. The summed E-state index contributed by atoms with van der Waals surface area (Å²) in [5, 5.41) is 3.70. The lowest BCUT2D eigenvalue weighted by atomic mass is 9.76. The summed E-state index contributed by atoms with van der Waals surface area (Å²) in [6.45, 7) is 10.4. The lowest BCUT2D eigenvalue weighted by Crippen LogP contribution is -2.60. The van der Waals surface area contributed by atoms with Gasteiger partial charge < -0.3 is 4.74 Å². The molecule has 1 saturated carbocycles. The number of nitrogens with one attached hydrogen (secondary N) is 1. The van der Waals surface area contributed by atoms with E-state index in [1.165, 1.54) is 32.1 Å². The molecule has 2 nitrogen and oxygen atoms in total. The summed E-state index contributed by atoms with van der Waals surface area (Å²) in [6.07, 6.45) is 8.55. The van der Waals surface area contributed by atoms with Crippen molar-refractivity contribution in [2.45, 2.75) is 84.0 Å². The standard InChI is InChI=1S/C16H31NO/c1-5-15(6-2)11-12-17-16(18-15)9-7-14(8-10-16)13(3)4/h13-14,17H,5-12H2,1-4H3. The van der Waals surface area contributed by atoms with Gasteiger partial charge in [0.05, 0.1) is 5.60 Å². The Bertz CT molecular complexity index is 262. The summed E-state index contributed by atoms with van der Waals surface area (Å²) in [5.41, 5.74) is 0.158. The molecule has 1 saturated heterocycles. The third kappa shape index (κ3) is 2.75. The van der Waals surface area contributed by atoms with Crippen molar-refractivity contribution < 1.29 is 4.74 Å². The lowest BCUT2D eigenvalue weighted by molar-refractivity contribution is -0.220. The van der Waals surface area contributed by atoms with Crippen LogP contribution in [0.5, 0.6) is 0 Å². The predicted octanol–water partition coefficient (Wildman–Crippen LogP) is 4.10. The highest BCUT2D eigenvalue weighted by atomic mass is 16.5. The van der Waals surface area contributed by atoms with E-state index in [2.05, 4.69) is 33.0 Å². The van der Waals surface area contributed by atoms with Gasteiger partial charge in [-0.2, -0.15) is 0 Å². The molecule has 0 aromatic carbocycles. The van der Waals surface area contributed by atoms with Gasteiger partial charge in [0, 0.05) is 6.54 Å². The molecule has 0 aromatic rings. The molecule has 2 aliphatic rings. The maximum Gasteiger partial charge on any atom is 0.120 e. The molecule has 106 valence electrons. The molecular formula is C16H31NO. The smallest absolute Gasteiger partial charge is 0.120 e. The average Bonchev–Trinajstić information content (AvgIpc) is 2.39.